The Balaban J connectivity index is 3.79. The smallest absolute Gasteiger partial charge is 0.306 e. The molecule has 0 aliphatic carbocycles. The molecule has 0 bridgehead atoms. The molecule has 0 spiro atoms. The van der Waals surface area contributed by atoms with Gasteiger partial charge in [-0.2, -0.15) is 0 Å². The van der Waals surface area contributed by atoms with Gasteiger partial charge >= 0.3 is 11.9 Å². The molecule has 0 rings (SSSR count). The van der Waals surface area contributed by atoms with Gasteiger partial charge < -0.3 is 9.84 Å². The van der Waals surface area contributed by atoms with Crippen molar-refractivity contribution in [1.29, 1.82) is 0 Å². The summed E-state index contributed by atoms with van der Waals surface area (Å²) in [5.41, 5.74) is 0. The van der Waals surface area contributed by atoms with Crippen molar-refractivity contribution in [2.75, 3.05) is 0 Å². The fraction of sp³-hybridized carbons (Fsp3) is 0.909. The summed E-state index contributed by atoms with van der Waals surface area (Å²) in [6.45, 7) is 4.41. The SMILES string of the molecule is CCCCCCCCC(CCCC)OC(=O)CCCCCCCC(=O)O. The predicted octanol–water partition coefficient (Wildman–Crippen LogP) is 6.65. The molecule has 0 aliphatic heterocycles. The minimum absolute atomic E-state index is 0.0531. The van der Waals surface area contributed by atoms with Crippen LogP contribution in [0.4, 0.5) is 0 Å². The summed E-state index contributed by atoms with van der Waals surface area (Å²) in [5, 5.41) is 8.59. The van der Waals surface area contributed by atoms with Crippen molar-refractivity contribution in [1.82, 2.24) is 0 Å². The summed E-state index contributed by atoms with van der Waals surface area (Å²) in [6, 6.07) is 0. The van der Waals surface area contributed by atoms with Gasteiger partial charge in [0.1, 0.15) is 6.10 Å². The van der Waals surface area contributed by atoms with Gasteiger partial charge in [-0.15, -0.1) is 0 Å². The average molecular weight is 371 g/mol. The van der Waals surface area contributed by atoms with Crippen molar-refractivity contribution in [2.45, 2.75) is 129 Å². The number of hydrogen-bond donors (Lipinski definition) is 1. The Morgan fingerprint density at radius 3 is 1.81 bits per heavy atom. The standard InChI is InChI=1S/C22H42O4/c1-3-5-7-8-10-13-17-20(16-6-4-2)26-22(25)19-15-12-9-11-14-18-21(23)24/h20H,3-19H2,1-2H3,(H,23,24). The number of carboxylic acids is 1. The topological polar surface area (TPSA) is 63.6 Å². The van der Waals surface area contributed by atoms with E-state index in [1.807, 2.05) is 0 Å². The molecule has 0 heterocycles. The summed E-state index contributed by atoms with van der Waals surface area (Å²) in [5.74, 6) is -0.778. The molecule has 0 fully saturated rings. The first-order chi connectivity index (χ1) is 12.6. The number of carboxylic acid groups (broad SMARTS) is 1. The number of esters is 1. The fourth-order valence-electron chi connectivity index (χ4n) is 3.17. The molecule has 0 amide bonds. The number of aliphatic carboxylic acids is 1. The molecule has 0 saturated heterocycles. The van der Waals surface area contributed by atoms with Gasteiger partial charge in [0.2, 0.25) is 0 Å². The van der Waals surface area contributed by atoms with Crippen LogP contribution in [0.3, 0.4) is 0 Å². The number of carbonyl (C=O) groups is 2. The number of unbranched alkanes of at least 4 members (excludes halogenated alkanes) is 10. The van der Waals surface area contributed by atoms with Gasteiger partial charge in [-0.1, -0.05) is 78.1 Å². The maximum Gasteiger partial charge on any atom is 0.306 e. The first-order valence-electron chi connectivity index (χ1n) is 11.0. The predicted molar refractivity (Wildman–Crippen MR) is 107 cm³/mol. The Morgan fingerprint density at radius 2 is 1.19 bits per heavy atom. The monoisotopic (exact) mass is 370 g/mol. The van der Waals surface area contributed by atoms with E-state index >= 15 is 0 Å². The molecular weight excluding hydrogens is 328 g/mol. The van der Waals surface area contributed by atoms with Crippen LogP contribution in [-0.2, 0) is 14.3 Å². The molecule has 0 aliphatic rings. The number of hydrogen-bond acceptors (Lipinski definition) is 3. The summed E-state index contributed by atoms with van der Waals surface area (Å²) in [6.07, 6.45) is 17.2. The Hall–Kier alpha value is -1.06. The molecule has 0 saturated carbocycles. The zero-order valence-electron chi connectivity index (χ0n) is 17.3. The molecule has 1 N–H and O–H groups in total. The van der Waals surface area contributed by atoms with Crippen molar-refractivity contribution < 1.29 is 19.4 Å². The van der Waals surface area contributed by atoms with Crippen LogP contribution in [0.25, 0.3) is 0 Å². The second-order valence-corrected chi connectivity index (χ2v) is 7.47. The fourth-order valence-corrected chi connectivity index (χ4v) is 3.17. The maximum absolute atomic E-state index is 12.1. The highest BCUT2D eigenvalue weighted by Crippen LogP contribution is 2.16. The van der Waals surface area contributed by atoms with Crippen molar-refractivity contribution in [3.8, 4) is 0 Å². The molecule has 0 radical (unpaired) electrons. The summed E-state index contributed by atoms with van der Waals surface area (Å²) < 4.78 is 5.72. The van der Waals surface area contributed by atoms with Crippen LogP contribution in [-0.4, -0.2) is 23.1 Å². The third kappa shape index (κ3) is 17.8. The molecule has 4 heteroatoms. The van der Waals surface area contributed by atoms with Gasteiger partial charge in [0.25, 0.3) is 0 Å². The largest absolute Gasteiger partial charge is 0.481 e. The lowest BCUT2D eigenvalue weighted by Gasteiger charge is -2.18. The van der Waals surface area contributed by atoms with E-state index < -0.39 is 5.97 Å². The Morgan fingerprint density at radius 1 is 0.692 bits per heavy atom. The van der Waals surface area contributed by atoms with Gasteiger partial charge in [0.15, 0.2) is 0 Å². The molecule has 1 atom stereocenters. The average Bonchev–Trinajstić information content (AvgIpc) is 2.61. The van der Waals surface area contributed by atoms with Crippen LogP contribution in [0.5, 0.6) is 0 Å². The zero-order valence-corrected chi connectivity index (χ0v) is 17.3. The lowest BCUT2D eigenvalue weighted by Crippen LogP contribution is -2.18. The van der Waals surface area contributed by atoms with Crippen LogP contribution in [0, 0.1) is 0 Å². The first kappa shape index (κ1) is 24.9. The molecule has 0 aromatic heterocycles. The van der Waals surface area contributed by atoms with Gasteiger partial charge in [-0.05, 0) is 32.1 Å². The molecular formula is C22H42O4. The lowest BCUT2D eigenvalue weighted by atomic mass is 10.0. The van der Waals surface area contributed by atoms with Crippen molar-refractivity contribution in [3.63, 3.8) is 0 Å². The highest BCUT2D eigenvalue weighted by molar-refractivity contribution is 5.69. The van der Waals surface area contributed by atoms with Crippen LogP contribution < -0.4 is 0 Å². The van der Waals surface area contributed by atoms with Gasteiger partial charge in [0, 0.05) is 12.8 Å². The third-order valence-corrected chi connectivity index (χ3v) is 4.83. The van der Waals surface area contributed by atoms with E-state index in [9.17, 15) is 9.59 Å². The number of rotatable bonds is 19. The van der Waals surface area contributed by atoms with E-state index in [2.05, 4.69) is 13.8 Å². The Bertz CT molecular complexity index is 341. The number of carbonyl (C=O) groups excluding carboxylic acids is 1. The van der Waals surface area contributed by atoms with Crippen LogP contribution in [0.15, 0.2) is 0 Å². The van der Waals surface area contributed by atoms with Crippen LogP contribution in [0.2, 0.25) is 0 Å². The minimum Gasteiger partial charge on any atom is -0.481 e. The second kappa shape index (κ2) is 18.7. The van der Waals surface area contributed by atoms with E-state index in [-0.39, 0.29) is 18.5 Å². The normalized spacial score (nSPS) is 12.1. The molecule has 1 unspecified atom stereocenters. The number of ether oxygens (including phenoxy) is 1. The second-order valence-electron chi connectivity index (χ2n) is 7.47. The quantitative estimate of drug-likeness (QED) is 0.204. The Kier molecular flexibility index (Phi) is 18.0. The van der Waals surface area contributed by atoms with E-state index in [1.165, 1.54) is 32.1 Å². The van der Waals surface area contributed by atoms with Crippen molar-refractivity contribution in [2.24, 2.45) is 0 Å². The molecule has 0 aromatic rings. The summed E-state index contributed by atoms with van der Waals surface area (Å²) in [4.78, 5) is 22.5. The highest BCUT2D eigenvalue weighted by Gasteiger charge is 2.13. The van der Waals surface area contributed by atoms with Crippen molar-refractivity contribution >= 4 is 11.9 Å². The molecule has 0 aromatic carbocycles. The van der Waals surface area contributed by atoms with Crippen LogP contribution >= 0.6 is 0 Å². The zero-order chi connectivity index (χ0) is 19.5. The summed E-state index contributed by atoms with van der Waals surface area (Å²) >= 11 is 0. The third-order valence-electron chi connectivity index (χ3n) is 4.83. The lowest BCUT2D eigenvalue weighted by molar-refractivity contribution is -0.150. The molecule has 4 nitrogen and oxygen atoms in total. The Labute approximate surface area is 161 Å². The van der Waals surface area contributed by atoms with Gasteiger partial charge in [-0.3, -0.25) is 9.59 Å². The van der Waals surface area contributed by atoms with E-state index in [1.54, 1.807) is 0 Å². The minimum atomic E-state index is -0.725. The van der Waals surface area contributed by atoms with Crippen molar-refractivity contribution in [3.05, 3.63) is 0 Å². The van der Waals surface area contributed by atoms with E-state index in [4.69, 9.17) is 9.84 Å². The van der Waals surface area contributed by atoms with E-state index in [0.29, 0.717) is 6.42 Å². The molecule has 26 heavy (non-hydrogen) atoms. The summed E-state index contributed by atoms with van der Waals surface area (Å²) in [7, 11) is 0. The van der Waals surface area contributed by atoms with E-state index in [0.717, 1.165) is 64.2 Å². The highest BCUT2D eigenvalue weighted by atomic mass is 16.5. The van der Waals surface area contributed by atoms with Gasteiger partial charge in [0.05, 0.1) is 0 Å². The van der Waals surface area contributed by atoms with Gasteiger partial charge in [-0.25, -0.2) is 0 Å². The van der Waals surface area contributed by atoms with Crippen LogP contribution in [0.1, 0.15) is 123 Å². The first-order valence-corrected chi connectivity index (χ1v) is 11.0. The maximum atomic E-state index is 12.1. The molecule has 154 valence electrons.